The summed E-state index contributed by atoms with van der Waals surface area (Å²) >= 11 is 12.3. The number of hydrogen-bond acceptors (Lipinski definition) is 3. The smallest absolute Gasteiger partial charge is 0.255 e. The molecule has 2 aromatic carbocycles. The largest absolute Gasteiger partial charge is 0.328 e. The maximum atomic E-state index is 13.0. The molecular weight excluding hydrogens is 433 g/mol. The van der Waals surface area contributed by atoms with Gasteiger partial charge in [0.15, 0.2) is 0 Å². The van der Waals surface area contributed by atoms with Crippen molar-refractivity contribution >= 4 is 39.1 Å². The number of sulfonamides is 1. The third kappa shape index (κ3) is 4.92. The number of nitrogens with one attached hydrogen (secondary N) is 1. The van der Waals surface area contributed by atoms with Crippen LogP contribution in [0.4, 0.5) is 0 Å². The molecule has 6 nitrogen and oxygen atoms in total. The highest BCUT2D eigenvalue weighted by Crippen LogP contribution is 2.30. The Kier molecular flexibility index (Phi) is 6.86. The molecule has 1 fully saturated rings. The molecule has 1 aliphatic heterocycles. The maximum Gasteiger partial charge on any atom is 0.255 e. The molecule has 0 atom stereocenters. The zero-order chi connectivity index (χ0) is 21.2. The van der Waals surface area contributed by atoms with Crippen LogP contribution in [0.25, 0.3) is 0 Å². The first-order valence-corrected chi connectivity index (χ1v) is 11.5. The SMILES string of the molecule is CN(C)S(=O)(=O)c1cc(C(=O)N2CC[NH+](Cc3ccccc3)CC2)c(Cl)cc1Cl. The van der Waals surface area contributed by atoms with Crippen molar-refractivity contribution in [2.75, 3.05) is 40.3 Å². The Morgan fingerprint density at radius 3 is 2.28 bits per heavy atom. The van der Waals surface area contributed by atoms with Gasteiger partial charge in [-0.25, -0.2) is 12.7 Å². The molecule has 0 bridgehead atoms. The Hall–Kier alpha value is -1.64. The van der Waals surface area contributed by atoms with Crippen molar-refractivity contribution in [1.82, 2.24) is 9.21 Å². The van der Waals surface area contributed by atoms with Gasteiger partial charge >= 0.3 is 0 Å². The summed E-state index contributed by atoms with van der Waals surface area (Å²) in [4.78, 5) is 16.0. The third-order valence-corrected chi connectivity index (χ3v) is 7.66. The lowest BCUT2D eigenvalue weighted by atomic mass is 10.1. The number of benzene rings is 2. The van der Waals surface area contributed by atoms with Crippen molar-refractivity contribution in [2.24, 2.45) is 0 Å². The summed E-state index contributed by atoms with van der Waals surface area (Å²) in [7, 11) is -0.960. The molecule has 1 N–H and O–H groups in total. The molecule has 1 aliphatic rings. The lowest BCUT2D eigenvalue weighted by Crippen LogP contribution is -3.13. The first-order valence-electron chi connectivity index (χ1n) is 9.28. The van der Waals surface area contributed by atoms with Gasteiger partial charge in [0.2, 0.25) is 10.0 Å². The second kappa shape index (κ2) is 9.02. The van der Waals surface area contributed by atoms with Crippen molar-refractivity contribution in [3.8, 4) is 0 Å². The van der Waals surface area contributed by atoms with E-state index in [1.807, 2.05) is 18.2 Å². The second-order valence-electron chi connectivity index (χ2n) is 7.25. The van der Waals surface area contributed by atoms with Crippen LogP contribution in [0.1, 0.15) is 15.9 Å². The van der Waals surface area contributed by atoms with Gasteiger partial charge < -0.3 is 9.80 Å². The predicted octanol–water partition coefficient (Wildman–Crippen LogP) is 1.78. The zero-order valence-electron chi connectivity index (χ0n) is 16.4. The van der Waals surface area contributed by atoms with E-state index in [1.54, 1.807) is 4.90 Å². The van der Waals surface area contributed by atoms with E-state index in [0.29, 0.717) is 13.1 Å². The van der Waals surface area contributed by atoms with Crippen molar-refractivity contribution in [3.05, 3.63) is 63.6 Å². The minimum absolute atomic E-state index is 0.00243. The fourth-order valence-electron chi connectivity index (χ4n) is 3.35. The number of amides is 1. The van der Waals surface area contributed by atoms with Crippen molar-refractivity contribution < 1.29 is 18.1 Å². The molecule has 1 heterocycles. The zero-order valence-corrected chi connectivity index (χ0v) is 18.7. The quantitative estimate of drug-likeness (QED) is 0.745. The molecule has 0 aliphatic carbocycles. The fourth-order valence-corrected chi connectivity index (χ4v) is 5.07. The number of nitrogens with zero attached hydrogens (tertiary/aromatic N) is 2. The molecule has 0 saturated carbocycles. The number of halogens is 2. The lowest BCUT2D eigenvalue weighted by molar-refractivity contribution is -0.917. The van der Waals surface area contributed by atoms with Crippen LogP contribution in [0, 0.1) is 0 Å². The van der Waals surface area contributed by atoms with E-state index < -0.39 is 10.0 Å². The molecule has 1 saturated heterocycles. The van der Waals surface area contributed by atoms with Gasteiger partial charge in [-0.05, 0) is 12.1 Å². The van der Waals surface area contributed by atoms with Gasteiger partial charge in [0.1, 0.15) is 11.4 Å². The summed E-state index contributed by atoms with van der Waals surface area (Å²) in [6.45, 7) is 3.70. The summed E-state index contributed by atoms with van der Waals surface area (Å²) in [5.74, 6) is -0.277. The first-order chi connectivity index (χ1) is 13.7. The van der Waals surface area contributed by atoms with Gasteiger partial charge in [0, 0.05) is 19.7 Å². The van der Waals surface area contributed by atoms with E-state index in [-0.39, 0.29) is 26.4 Å². The monoisotopic (exact) mass is 456 g/mol. The van der Waals surface area contributed by atoms with E-state index >= 15 is 0 Å². The molecule has 3 rings (SSSR count). The minimum Gasteiger partial charge on any atom is -0.328 e. The molecule has 0 unspecified atom stereocenters. The van der Waals surface area contributed by atoms with Crippen LogP contribution in [0.3, 0.4) is 0 Å². The predicted molar refractivity (Wildman–Crippen MR) is 114 cm³/mol. The summed E-state index contributed by atoms with van der Waals surface area (Å²) in [6.07, 6.45) is 0. The average Bonchev–Trinajstić information content (AvgIpc) is 2.68. The summed E-state index contributed by atoms with van der Waals surface area (Å²) in [5.41, 5.74) is 1.42. The number of rotatable bonds is 5. The van der Waals surface area contributed by atoms with Crippen LogP contribution >= 0.6 is 23.2 Å². The van der Waals surface area contributed by atoms with Gasteiger partial charge in [0.25, 0.3) is 5.91 Å². The van der Waals surface area contributed by atoms with E-state index in [4.69, 9.17) is 23.2 Å². The Morgan fingerprint density at radius 2 is 1.69 bits per heavy atom. The Labute approximate surface area is 181 Å². The molecule has 0 radical (unpaired) electrons. The normalized spacial score (nSPS) is 15.7. The van der Waals surface area contributed by atoms with E-state index in [0.717, 1.165) is 23.9 Å². The van der Waals surface area contributed by atoms with Gasteiger partial charge in [0.05, 0.1) is 41.8 Å². The van der Waals surface area contributed by atoms with Crippen molar-refractivity contribution in [3.63, 3.8) is 0 Å². The van der Waals surface area contributed by atoms with Gasteiger partial charge in [-0.2, -0.15) is 0 Å². The minimum atomic E-state index is -3.79. The van der Waals surface area contributed by atoms with Crippen molar-refractivity contribution in [1.29, 1.82) is 0 Å². The highest BCUT2D eigenvalue weighted by Gasteiger charge is 2.29. The molecule has 2 aromatic rings. The van der Waals surface area contributed by atoms with Gasteiger partial charge in [-0.3, -0.25) is 4.79 Å². The topological polar surface area (TPSA) is 62.1 Å². The molecule has 156 valence electrons. The first kappa shape index (κ1) is 22.1. The standard InChI is InChI=1S/C20H23Cl2N3O3S/c1-23(2)29(27,28)19-12-16(17(21)13-18(19)22)20(26)25-10-8-24(9-11-25)14-15-6-4-3-5-7-15/h3-7,12-13H,8-11,14H2,1-2H3/p+1. The number of carbonyl (C=O) groups excluding carboxylic acids is 1. The van der Waals surface area contributed by atoms with E-state index in [9.17, 15) is 13.2 Å². The Morgan fingerprint density at radius 1 is 1.07 bits per heavy atom. The van der Waals surface area contributed by atoms with Crippen LogP contribution in [0.5, 0.6) is 0 Å². The van der Waals surface area contributed by atoms with Gasteiger partial charge in [-0.1, -0.05) is 53.5 Å². The number of hydrogen-bond donors (Lipinski definition) is 1. The van der Waals surface area contributed by atoms with Crippen molar-refractivity contribution in [2.45, 2.75) is 11.4 Å². The molecule has 29 heavy (non-hydrogen) atoms. The van der Waals surface area contributed by atoms with Gasteiger partial charge in [-0.15, -0.1) is 0 Å². The van der Waals surface area contributed by atoms with Crippen LogP contribution in [0.15, 0.2) is 47.4 Å². The molecular formula is C20H24Cl2N3O3S+. The summed E-state index contributed by atoms with van der Waals surface area (Å²) in [6, 6.07) is 12.9. The summed E-state index contributed by atoms with van der Waals surface area (Å²) < 4.78 is 26.1. The molecule has 0 aromatic heterocycles. The highest BCUT2D eigenvalue weighted by atomic mass is 35.5. The molecule has 1 amide bonds. The second-order valence-corrected chi connectivity index (χ2v) is 10.2. The number of carbonyl (C=O) groups is 1. The Bertz CT molecular complexity index is 990. The average molecular weight is 457 g/mol. The number of piperazine rings is 1. The van der Waals surface area contributed by atoms with Crippen LogP contribution < -0.4 is 4.90 Å². The highest BCUT2D eigenvalue weighted by molar-refractivity contribution is 7.89. The maximum absolute atomic E-state index is 13.0. The lowest BCUT2D eigenvalue weighted by Gasteiger charge is -2.32. The van der Waals surface area contributed by atoms with E-state index in [1.165, 1.54) is 36.7 Å². The molecule has 9 heteroatoms. The third-order valence-electron chi connectivity index (χ3n) is 5.07. The van der Waals surface area contributed by atoms with Crippen LogP contribution in [0.2, 0.25) is 10.0 Å². The number of quaternary nitrogens is 1. The summed E-state index contributed by atoms with van der Waals surface area (Å²) in [5, 5.41) is 0.147. The van der Waals surface area contributed by atoms with E-state index in [2.05, 4.69) is 12.1 Å². The Balaban J connectivity index is 1.74. The fraction of sp³-hybridized carbons (Fsp3) is 0.350. The molecule has 0 spiro atoms. The van der Waals surface area contributed by atoms with Crippen LogP contribution in [-0.2, 0) is 16.6 Å². The van der Waals surface area contributed by atoms with Crippen LogP contribution in [-0.4, -0.2) is 63.8 Å².